The largest absolute Gasteiger partial charge is 0.501 e. The number of aromatic amines is 1. The molecule has 0 spiro atoms. The van der Waals surface area contributed by atoms with E-state index < -0.39 is 5.91 Å². The lowest BCUT2D eigenvalue weighted by Crippen LogP contribution is -2.40. The molecule has 3 N–H and O–H groups in total. The Morgan fingerprint density at radius 3 is 2.95 bits per heavy atom. The van der Waals surface area contributed by atoms with Crippen molar-refractivity contribution in [3.8, 4) is 0 Å². The molecule has 118 valence electrons. The van der Waals surface area contributed by atoms with E-state index in [1.165, 1.54) is 0 Å². The first kappa shape index (κ1) is 14.6. The van der Waals surface area contributed by atoms with Crippen LogP contribution in [0.1, 0.15) is 47.8 Å². The van der Waals surface area contributed by atoms with Gasteiger partial charge in [0.15, 0.2) is 0 Å². The SMILES string of the molecule is NC(=O)c1cc([C@@H]2CCCN(C(=O)C3=COCCC3)C2)[nH]n1. The highest BCUT2D eigenvalue weighted by Crippen LogP contribution is 2.27. The summed E-state index contributed by atoms with van der Waals surface area (Å²) in [7, 11) is 0. The Morgan fingerprint density at radius 2 is 2.27 bits per heavy atom. The molecule has 0 unspecified atom stereocenters. The predicted octanol–water partition coefficient (Wildman–Crippen LogP) is 0.909. The molecule has 0 bridgehead atoms. The molecule has 3 heterocycles. The van der Waals surface area contributed by atoms with Crippen LogP contribution in [0.5, 0.6) is 0 Å². The minimum absolute atomic E-state index is 0.0547. The van der Waals surface area contributed by atoms with Crippen LogP contribution < -0.4 is 5.73 Å². The maximum Gasteiger partial charge on any atom is 0.269 e. The van der Waals surface area contributed by atoms with Gasteiger partial charge in [0.2, 0.25) is 0 Å². The Kier molecular flexibility index (Phi) is 4.13. The molecule has 0 aromatic carbocycles. The zero-order valence-electron chi connectivity index (χ0n) is 12.4. The van der Waals surface area contributed by atoms with Crippen molar-refractivity contribution in [1.29, 1.82) is 0 Å². The number of carbonyl (C=O) groups excluding carboxylic acids is 2. The second-order valence-corrected chi connectivity index (χ2v) is 5.78. The Hall–Kier alpha value is -2.31. The van der Waals surface area contributed by atoms with Crippen LogP contribution in [-0.2, 0) is 9.53 Å². The molecule has 7 nitrogen and oxygen atoms in total. The van der Waals surface area contributed by atoms with Crippen molar-refractivity contribution in [2.75, 3.05) is 19.7 Å². The molecule has 1 atom stereocenters. The van der Waals surface area contributed by atoms with Gasteiger partial charge in [0.1, 0.15) is 5.69 Å². The molecule has 0 saturated carbocycles. The highest BCUT2D eigenvalue weighted by molar-refractivity contribution is 5.93. The van der Waals surface area contributed by atoms with E-state index in [1.54, 1.807) is 12.3 Å². The zero-order valence-corrected chi connectivity index (χ0v) is 12.4. The number of rotatable bonds is 3. The summed E-state index contributed by atoms with van der Waals surface area (Å²) in [5, 5.41) is 6.78. The normalized spacial score (nSPS) is 21.9. The fourth-order valence-corrected chi connectivity index (χ4v) is 3.01. The van der Waals surface area contributed by atoms with Gasteiger partial charge in [-0.25, -0.2) is 0 Å². The van der Waals surface area contributed by atoms with Gasteiger partial charge in [-0.2, -0.15) is 5.10 Å². The Balaban J connectivity index is 1.69. The van der Waals surface area contributed by atoms with Crippen molar-refractivity contribution in [2.24, 2.45) is 5.73 Å². The third kappa shape index (κ3) is 2.98. The molecule has 0 aliphatic carbocycles. The zero-order chi connectivity index (χ0) is 15.5. The molecule has 1 fully saturated rings. The molecular weight excluding hydrogens is 284 g/mol. The number of amides is 2. The van der Waals surface area contributed by atoms with Crippen molar-refractivity contribution in [3.63, 3.8) is 0 Å². The Morgan fingerprint density at radius 1 is 1.41 bits per heavy atom. The topological polar surface area (TPSA) is 101 Å². The molecule has 2 amide bonds. The number of likely N-dealkylation sites (tertiary alicyclic amines) is 1. The summed E-state index contributed by atoms with van der Waals surface area (Å²) in [4.78, 5) is 25.5. The molecule has 1 saturated heterocycles. The van der Waals surface area contributed by atoms with Crippen molar-refractivity contribution >= 4 is 11.8 Å². The van der Waals surface area contributed by atoms with Crippen LogP contribution in [-0.4, -0.2) is 46.6 Å². The number of nitrogens with zero attached hydrogens (tertiary/aromatic N) is 2. The number of ether oxygens (including phenoxy) is 1. The van der Waals surface area contributed by atoms with Crippen LogP contribution in [0.3, 0.4) is 0 Å². The maximum atomic E-state index is 12.5. The van der Waals surface area contributed by atoms with E-state index in [2.05, 4.69) is 10.2 Å². The van der Waals surface area contributed by atoms with Crippen LogP contribution in [0.2, 0.25) is 0 Å². The standard InChI is InChI=1S/C15H20N4O3/c16-14(20)13-7-12(17-18-13)10-3-1-5-19(8-10)15(21)11-4-2-6-22-9-11/h7,9-10H,1-6,8H2,(H2,16,20)(H,17,18)/t10-/m1/s1. The number of primary amides is 1. The van der Waals surface area contributed by atoms with E-state index in [-0.39, 0.29) is 17.5 Å². The van der Waals surface area contributed by atoms with E-state index in [4.69, 9.17) is 10.5 Å². The minimum Gasteiger partial charge on any atom is -0.501 e. The number of hydrogen-bond donors (Lipinski definition) is 2. The lowest BCUT2D eigenvalue weighted by molar-refractivity contribution is -0.128. The van der Waals surface area contributed by atoms with Gasteiger partial charge in [-0.15, -0.1) is 0 Å². The van der Waals surface area contributed by atoms with Gasteiger partial charge in [0, 0.05) is 24.7 Å². The second kappa shape index (κ2) is 6.21. The minimum atomic E-state index is -0.546. The smallest absolute Gasteiger partial charge is 0.269 e. The molecular formula is C15H20N4O3. The van der Waals surface area contributed by atoms with Crippen LogP contribution in [0.15, 0.2) is 17.9 Å². The Bertz CT molecular complexity index is 608. The lowest BCUT2D eigenvalue weighted by Gasteiger charge is -2.33. The van der Waals surface area contributed by atoms with Gasteiger partial charge in [0.25, 0.3) is 11.8 Å². The number of H-pyrrole nitrogens is 1. The summed E-state index contributed by atoms with van der Waals surface area (Å²) in [5.41, 5.74) is 7.07. The number of piperidine rings is 1. The number of aromatic nitrogens is 2. The van der Waals surface area contributed by atoms with E-state index in [9.17, 15) is 9.59 Å². The first-order valence-electron chi connectivity index (χ1n) is 7.60. The molecule has 1 aromatic heterocycles. The van der Waals surface area contributed by atoms with Gasteiger partial charge < -0.3 is 15.4 Å². The maximum absolute atomic E-state index is 12.5. The number of nitrogens with one attached hydrogen (secondary N) is 1. The molecule has 22 heavy (non-hydrogen) atoms. The van der Waals surface area contributed by atoms with E-state index in [0.717, 1.165) is 43.5 Å². The number of nitrogens with two attached hydrogens (primary N) is 1. The van der Waals surface area contributed by atoms with Crippen molar-refractivity contribution in [3.05, 3.63) is 29.3 Å². The highest BCUT2D eigenvalue weighted by atomic mass is 16.5. The summed E-state index contributed by atoms with van der Waals surface area (Å²) in [5.74, 6) is -0.335. The van der Waals surface area contributed by atoms with E-state index in [1.807, 2.05) is 4.90 Å². The Labute approximate surface area is 128 Å². The molecule has 2 aliphatic rings. The number of hydrogen-bond acceptors (Lipinski definition) is 4. The van der Waals surface area contributed by atoms with Crippen LogP contribution >= 0.6 is 0 Å². The molecule has 0 radical (unpaired) electrons. The van der Waals surface area contributed by atoms with Gasteiger partial charge in [-0.05, 0) is 31.7 Å². The fraction of sp³-hybridized carbons (Fsp3) is 0.533. The first-order valence-corrected chi connectivity index (χ1v) is 7.60. The van der Waals surface area contributed by atoms with Gasteiger partial charge >= 0.3 is 0 Å². The quantitative estimate of drug-likeness (QED) is 0.866. The van der Waals surface area contributed by atoms with Crippen LogP contribution in [0.25, 0.3) is 0 Å². The van der Waals surface area contributed by atoms with Crippen molar-refractivity contribution in [1.82, 2.24) is 15.1 Å². The third-order valence-corrected chi connectivity index (χ3v) is 4.21. The van der Waals surface area contributed by atoms with Gasteiger partial charge in [-0.1, -0.05) is 0 Å². The van der Waals surface area contributed by atoms with Gasteiger partial charge in [0.05, 0.1) is 18.4 Å². The first-order chi connectivity index (χ1) is 10.6. The van der Waals surface area contributed by atoms with E-state index >= 15 is 0 Å². The third-order valence-electron chi connectivity index (χ3n) is 4.21. The summed E-state index contributed by atoms with van der Waals surface area (Å²) in [6.07, 6.45) is 5.14. The fourth-order valence-electron chi connectivity index (χ4n) is 3.01. The van der Waals surface area contributed by atoms with Crippen LogP contribution in [0, 0.1) is 0 Å². The molecule has 7 heteroatoms. The number of carbonyl (C=O) groups is 2. The molecule has 2 aliphatic heterocycles. The molecule has 3 rings (SSSR count). The monoisotopic (exact) mass is 304 g/mol. The van der Waals surface area contributed by atoms with Gasteiger partial charge in [-0.3, -0.25) is 14.7 Å². The second-order valence-electron chi connectivity index (χ2n) is 5.78. The van der Waals surface area contributed by atoms with Crippen LogP contribution in [0.4, 0.5) is 0 Å². The highest BCUT2D eigenvalue weighted by Gasteiger charge is 2.28. The lowest BCUT2D eigenvalue weighted by atomic mass is 9.94. The summed E-state index contributed by atoms with van der Waals surface area (Å²) in [6, 6.07) is 1.68. The van der Waals surface area contributed by atoms with Crippen molar-refractivity contribution < 1.29 is 14.3 Å². The summed E-state index contributed by atoms with van der Waals surface area (Å²) >= 11 is 0. The van der Waals surface area contributed by atoms with Crippen molar-refractivity contribution in [2.45, 2.75) is 31.6 Å². The molecule has 1 aromatic rings. The van der Waals surface area contributed by atoms with E-state index in [0.29, 0.717) is 13.2 Å². The average Bonchev–Trinajstić information content (AvgIpc) is 3.05. The summed E-state index contributed by atoms with van der Waals surface area (Å²) < 4.78 is 5.26. The average molecular weight is 304 g/mol. The summed E-state index contributed by atoms with van der Waals surface area (Å²) in [6.45, 7) is 2.06. The predicted molar refractivity (Wildman–Crippen MR) is 78.9 cm³/mol.